The first-order valence-corrected chi connectivity index (χ1v) is 8.62. The number of amides is 2. The number of pyridine rings is 1. The molecule has 0 spiro atoms. The summed E-state index contributed by atoms with van der Waals surface area (Å²) in [5, 5.41) is 5.70. The molecular weight excluding hydrogens is 314 g/mol. The summed E-state index contributed by atoms with van der Waals surface area (Å²) in [6.45, 7) is 5.35. The second-order valence-corrected chi connectivity index (χ2v) is 6.36. The van der Waals surface area contributed by atoms with E-state index in [1.807, 2.05) is 30.3 Å². The first-order valence-electron chi connectivity index (χ1n) is 8.62. The van der Waals surface area contributed by atoms with Gasteiger partial charge in [0.25, 0.3) is 11.8 Å². The molecule has 0 saturated carbocycles. The van der Waals surface area contributed by atoms with Crippen LogP contribution in [0.15, 0.2) is 48.7 Å². The molecule has 5 heteroatoms. The summed E-state index contributed by atoms with van der Waals surface area (Å²) in [7, 11) is 0. The van der Waals surface area contributed by atoms with Gasteiger partial charge in [0.05, 0.1) is 0 Å². The van der Waals surface area contributed by atoms with Gasteiger partial charge in [-0.2, -0.15) is 0 Å². The molecule has 2 aromatic rings. The van der Waals surface area contributed by atoms with E-state index in [1.54, 1.807) is 6.07 Å². The molecule has 1 heterocycles. The lowest BCUT2D eigenvalue weighted by atomic mass is 10.1. The highest BCUT2D eigenvalue weighted by atomic mass is 16.2. The standard InChI is InChI=1S/C20H25N3O2/c1-15(2)8-11-23-20(25)18-14-17(10-13-21-18)19(24)22-12-9-16-6-4-3-5-7-16/h3-7,10,13-15H,8-9,11-12H2,1-2H3,(H,22,24)(H,23,25). The van der Waals surface area contributed by atoms with E-state index >= 15 is 0 Å². The van der Waals surface area contributed by atoms with Crippen LogP contribution in [0.2, 0.25) is 0 Å². The molecule has 2 amide bonds. The Morgan fingerprint density at radius 3 is 2.44 bits per heavy atom. The van der Waals surface area contributed by atoms with E-state index < -0.39 is 0 Å². The zero-order valence-corrected chi connectivity index (χ0v) is 14.8. The third-order valence-corrected chi connectivity index (χ3v) is 3.80. The number of rotatable bonds is 8. The molecule has 0 atom stereocenters. The summed E-state index contributed by atoms with van der Waals surface area (Å²) >= 11 is 0. The van der Waals surface area contributed by atoms with Crippen LogP contribution in [0.3, 0.4) is 0 Å². The third-order valence-electron chi connectivity index (χ3n) is 3.80. The Morgan fingerprint density at radius 2 is 1.72 bits per heavy atom. The summed E-state index contributed by atoms with van der Waals surface area (Å²) in [5.74, 6) is 0.0733. The van der Waals surface area contributed by atoms with E-state index in [2.05, 4.69) is 29.5 Å². The lowest BCUT2D eigenvalue weighted by Gasteiger charge is -2.08. The Kier molecular flexibility index (Phi) is 7.14. The van der Waals surface area contributed by atoms with E-state index in [0.717, 1.165) is 12.8 Å². The van der Waals surface area contributed by atoms with Gasteiger partial charge in [0.1, 0.15) is 5.69 Å². The highest BCUT2D eigenvalue weighted by Crippen LogP contribution is 2.04. The average Bonchev–Trinajstić information content (AvgIpc) is 2.62. The molecule has 0 aliphatic carbocycles. The van der Waals surface area contributed by atoms with Gasteiger partial charge in [-0.3, -0.25) is 14.6 Å². The molecule has 2 rings (SSSR count). The second-order valence-electron chi connectivity index (χ2n) is 6.36. The van der Waals surface area contributed by atoms with Gasteiger partial charge in [-0.1, -0.05) is 44.2 Å². The van der Waals surface area contributed by atoms with Crippen molar-refractivity contribution in [2.45, 2.75) is 26.7 Å². The largest absolute Gasteiger partial charge is 0.352 e. The van der Waals surface area contributed by atoms with E-state index in [9.17, 15) is 9.59 Å². The van der Waals surface area contributed by atoms with Crippen molar-refractivity contribution in [2.75, 3.05) is 13.1 Å². The maximum atomic E-state index is 12.2. The summed E-state index contributed by atoms with van der Waals surface area (Å²) in [4.78, 5) is 28.4. The zero-order chi connectivity index (χ0) is 18.1. The lowest BCUT2D eigenvalue weighted by Crippen LogP contribution is -2.28. The van der Waals surface area contributed by atoms with Crippen molar-refractivity contribution in [1.29, 1.82) is 0 Å². The van der Waals surface area contributed by atoms with E-state index in [-0.39, 0.29) is 17.5 Å². The molecule has 0 aliphatic rings. The first kappa shape index (κ1) is 18.6. The van der Waals surface area contributed by atoms with Gasteiger partial charge in [-0.15, -0.1) is 0 Å². The summed E-state index contributed by atoms with van der Waals surface area (Å²) in [6, 6.07) is 13.1. The number of nitrogens with zero attached hydrogens (tertiary/aromatic N) is 1. The quantitative estimate of drug-likeness (QED) is 0.777. The molecule has 1 aromatic carbocycles. The van der Waals surface area contributed by atoms with Crippen LogP contribution in [-0.4, -0.2) is 29.9 Å². The molecule has 0 fully saturated rings. The fourth-order valence-electron chi connectivity index (χ4n) is 2.33. The SMILES string of the molecule is CC(C)CCNC(=O)c1cc(C(=O)NCCc2ccccc2)ccn1. The normalized spacial score (nSPS) is 10.5. The van der Waals surface area contributed by atoms with Crippen LogP contribution in [0.25, 0.3) is 0 Å². The van der Waals surface area contributed by atoms with Crippen molar-refractivity contribution < 1.29 is 9.59 Å². The predicted molar refractivity (Wildman–Crippen MR) is 98.5 cm³/mol. The minimum absolute atomic E-state index is 0.199. The molecule has 2 N–H and O–H groups in total. The Bertz CT molecular complexity index is 699. The Labute approximate surface area is 148 Å². The first-order chi connectivity index (χ1) is 12.1. The van der Waals surface area contributed by atoms with Gasteiger partial charge in [0.15, 0.2) is 0 Å². The maximum Gasteiger partial charge on any atom is 0.269 e. The number of hydrogen-bond acceptors (Lipinski definition) is 3. The zero-order valence-electron chi connectivity index (χ0n) is 14.8. The number of hydrogen-bond donors (Lipinski definition) is 2. The fraction of sp³-hybridized carbons (Fsp3) is 0.350. The van der Waals surface area contributed by atoms with Crippen LogP contribution in [0, 0.1) is 5.92 Å². The fourth-order valence-corrected chi connectivity index (χ4v) is 2.33. The van der Waals surface area contributed by atoms with E-state index in [4.69, 9.17) is 0 Å². The Balaban J connectivity index is 1.86. The van der Waals surface area contributed by atoms with E-state index in [1.165, 1.54) is 17.8 Å². The molecular formula is C20H25N3O2. The van der Waals surface area contributed by atoms with Crippen LogP contribution >= 0.6 is 0 Å². The van der Waals surface area contributed by atoms with Crippen LogP contribution in [-0.2, 0) is 6.42 Å². The van der Waals surface area contributed by atoms with Crippen molar-refractivity contribution in [3.63, 3.8) is 0 Å². The van der Waals surface area contributed by atoms with Gasteiger partial charge in [-0.05, 0) is 36.5 Å². The van der Waals surface area contributed by atoms with Gasteiger partial charge < -0.3 is 10.6 Å². The third kappa shape index (κ3) is 6.37. The summed E-state index contributed by atoms with van der Waals surface area (Å²) in [5.41, 5.74) is 1.87. The topological polar surface area (TPSA) is 71.1 Å². The number of benzene rings is 1. The predicted octanol–water partition coefficient (Wildman–Crippen LogP) is 2.83. The summed E-state index contributed by atoms with van der Waals surface area (Å²) < 4.78 is 0. The molecule has 1 aromatic heterocycles. The molecule has 0 unspecified atom stereocenters. The number of carbonyl (C=O) groups excluding carboxylic acids is 2. The van der Waals surface area contributed by atoms with Gasteiger partial charge in [0.2, 0.25) is 0 Å². The van der Waals surface area contributed by atoms with Crippen LogP contribution < -0.4 is 10.6 Å². The summed E-state index contributed by atoms with van der Waals surface area (Å²) in [6.07, 6.45) is 3.16. The van der Waals surface area contributed by atoms with Crippen molar-refractivity contribution in [3.8, 4) is 0 Å². The maximum absolute atomic E-state index is 12.2. The Hall–Kier alpha value is -2.69. The highest BCUT2D eigenvalue weighted by Gasteiger charge is 2.11. The molecule has 5 nitrogen and oxygen atoms in total. The average molecular weight is 339 g/mol. The lowest BCUT2D eigenvalue weighted by molar-refractivity contribution is 0.0947. The molecule has 0 saturated heterocycles. The monoisotopic (exact) mass is 339 g/mol. The minimum atomic E-state index is -0.250. The number of aromatic nitrogens is 1. The van der Waals surface area contributed by atoms with Crippen LogP contribution in [0.4, 0.5) is 0 Å². The van der Waals surface area contributed by atoms with Crippen molar-refractivity contribution in [3.05, 3.63) is 65.5 Å². The minimum Gasteiger partial charge on any atom is -0.352 e. The van der Waals surface area contributed by atoms with Gasteiger partial charge >= 0.3 is 0 Å². The molecule has 0 aliphatic heterocycles. The van der Waals surface area contributed by atoms with Crippen molar-refractivity contribution in [1.82, 2.24) is 15.6 Å². The molecule has 132 valence electrons. The smallest absolute Gasteiger partial charge is 0.269 e. The van der Waals surface area contributed by atoms with Gasteiger partial charge in [0, 0.05) is 24.8 Å². The van der Waals surface area contributed by atoms with Gasteiger partial charge in [-0.25, -0.2) is 0 Å². The molecule has 25 heavy (non-hydrogen) atoms. The van der Waals surface area contributed by atoms with Crippen LogP contribution in [0.5, 0.6) is 0 Å². The van der Waals surface area contributed by atoms with E-state index in [0.29, 0.717) is 24.6 Å². The van der Waals surface area contributed by atoms with Crippen molar-refractivity contribution in [2.24, 2.45) is 5.92 Å². The molecule has 0 bridgehead atoms. The van der Waals surface area contributed by atoms with Crippen molar-refractivity contribution >= 4 is 11.8 Å². The number of nitrogens with one attached hydrogen (secondary N) is 2. The highest BCUT2D eigenvalue weighted by molar-refractivity contribution is 5.98. The van der Waals surface area contributed by atoms with Crippen LogP contribution in [0.1, 0.15) is 46.7 Å². The second kappa shape index (κ2) is 9.57. The molecule has 0 radical (unpaired) electrons. The Morgan fingerprint density at radius 1 is 1.00 bits per heavy atom. The number of carbonyl (C=O) groups is 2.